The molecular formula is C26H34N8O4Si. The summed E-state index contributed by atoms with van der Waals surface area (Å²) in [4.78, 5) is 25.2. The molecule has 206 valence electrons. The number of aromatic nitrogens is 6. The van der Waals surface area contributed by atoms with Crippen molar-refractivity contribution in [3.05, 3.63) is 43.0 Å². The summed E-state index contributed by atoms with van der Waals surface area (Å²) in [5.41, 5.74) is 3.00. The Morgan fingerprint density at radius 1 is 1.21 bits per heavy atom. The van der Waals surface area contributed by atoms with Gasteiger partial charge in [-0.1, -0.05) is 25.7 Å². The zero-order valence-corrected chi connectivity index (χ0v) is 23.6. The van der Waals surface area contributed by atoms with Crippen molar-refractivity contribution < 1.29 is 19.4 Å². The molecule has 0 unspecified atom stereocenters. The van der Waals surface area contributed by atoms with E-state index in [1.165, 1.54) is 0 Å². The molecule has 4 aromatic rings. The summed E-state index contributed by atoms with van der Waals surface area (Å²) >= 11 is 0. The molecule has 3 N–H and O–H groups in total. The second kappa shape index (κ2) is 11.0. The van der Waals surface area contributed by atoms with Crippen molar-refractivity contribution in [2.75, 3.05) is 11.9 Å². The summed E-state index contributed by atoms with van der Waals surface area (Å²) in [7, 11) is 0.600. The normalized spacial score (nSPS) is 17.1. The van der Waals surface area contributed by atoms with Gasteiger partial charge in [0.1, 0.15) is 12.8 Å². The van der Waals surface area contributed by atoms with E-state index in [4.69, 9.17) is 24.5 Å². The minimum atomic E-state index is -1.24. The smallest absolute Gasteiger partial charge is 0.404 e. The van der Waals surface area contributed by atoms with E-state index >= 15 is 0 Å². The predicted octanol–water partition coefficient (Wildman–Crippen LogP) is 4.46. The fraction of sp³-hybridized carbons (Fsp3) is 0.423. The van der Waals surface area contributed by atoms with Crippen molar-refractivity contribution in [2.45, 2.75) is 57.4 Å². The van der Waals surface area contributed by atoms with Crippen LogP contribution in [0.25, 0.3) is 22.3 Å². The number of hydrogen-bond acceptors (Lipinski definition) is 8. The maximum Gasteiger partial charge on any atom is 0.404 e. The third-order valence-electron chi connectivity index (χ3n) is 6.51. The van der Waals surface area contributed by atoms with Gasteiger partial charge in [0.2, 0.25) is 11.8 Å². The number of nitrogens with zero attached hydrogens (tertiary/aromatic N) is 6. The molecule has 1 saturated carbocycles. The van der Waals surface area contributed by atoms with Crippen LogP contribution < -0.4 is 15.4 Å². The fourth-order valence-corrected chi connectivity index (χ4v) is 5.13. The van der Waals surface area contributed by atoms with Gasteiger partial charge in [-0.3, -0.25) is 9.67 Å². The molecule has 0 bridgehead atoms. The van der Waals surface area contributed by atoms with E-state index in [-0.39, 0.29) is 12.1 Å². The number of anilines is 2. The number of carbonyl (C=O) groups is 1. The Bertz CT molecular complexity index is 1440. The minimum Gasteiger partial charge on any atom is -0.474 e. The number of carboxylic acid groups (broad SMARTS) is 1. The molecule has 0 atom stereocenters. The highest BCUT2D eigenvalue weighted by atomic mass is 28.3. The molecule has 0 spiro atoms. The van der Waals surface area contributed by atoms with Crippen LogP contribution in [0.4, 0.5) is 16.4 Å². The molecule has 0 saturated heterocycles. The van der Waals surface area contributed by atoms with Crippen molar-refractivity contribution in [3.8, 4) is 17.1 Å². The second-order valence-corrected chi connectivity index (χ2v) is 16.6. The number of pyridine rings is 1. The van der Waals surface area contributed by atoms with Gasteiger partial charge in [0, 0.05) is 64.8 Å². The Labute approximate surface area is 227 Å². The number of amides is 1. The largest absolute Gasteiger partial charge is 0.474 e. The van der Waals surface area contributed by atoms with Gasteiger partial charge in [0.05, 0.1) is 23.0 Å². The monoisotopic (exact) mass is 550 g/mol. The van der Waals surface area contributed by atoms with E-state index in [2.05, 4.69) is 40.4 Å². The van der Waals surface area contributed by atoms with Crippen LogP contribution in [0.15, 0.2) is 43.0 Å². The maximum absolute atomic E-state index is 11.0. The molecule has 1 aliphatic rings. The third-order valence-corrected chi connectivity index (χ3v) is 8.22. The first-order chi connectivity index (χ1) is 18.6. The molecule has 0 aromatic carbocycles. The maximum atomic E-state index is 11.0. The highest BCUT2D eigenvalue weighted by molar-refractivity contribution is 6.76. The highest BCUT2D eigenvalue weighted by Crippen LogP contribution is 2.38. The van der Waals surface area contributed by atoms with Crippen molar-refractivity contribution in [3.63, 3.8) is 0 Å². The van der Waals surface area contributed by atoms with Crippen molar-refractivity contribution >= 4 is 36.8 Å². The van der Waals surface area contributed by atoms with Crippen LogP contribution >= 0.6 is 0 Å². The van der Waals surface area contributed by atoms with E-state index in [1.807, 2.05) is 42.2 Å². The number of hydrogen-bond donors (Lipinski definition) is 3. The Balaban J connectivity index is 1.52. The summed E-state index contributed by atoms with van der Waals surface area (Å²) in [6.45, 7) is 7.97. The number of fused-ring (bicyclic) bond motifs is 1. The Morgan fingerprint density at radius 2 is 2.03 bits per heavy atom. The lowest BCUT2D eigenvalue weighted by molar-refractivity contribution is 0.0807. The van der Waals surface area contributed by atoms with Crippen molar-refractivity contribution in [1.82, 2.24) is 34.6 Å². The summed E-state index contributed by atoms with van der Waals surface area (Å²) < 4.78 is 16.1. The van der Waals surface area contributed by atoms with E-state index in [0.717, 1.165) is 28.4 Å². The topological polar surface area (TPSA) is 141 Å². The Morgan fingerprint density at radius 3 is 2.69 bits per heavy atom. The first kappa shape index (κ1) is 26.6. The van der Waals surface area contributed by atoms with Crippen LogP contribution in [-0.2, 0) is 18.5 Å². The lowest BCUT2D eigenvalue weighted by Gasteiger charge is -2.34. The first-order valence-electron chi connectivity index (χ1n) is 13.0. The van der Waals surface area contributed by atoms with E-state index in [1.54, 1.807) is 17.1 Å². The lowest BCUT2D eigenvalue weighted by atomic mass is 9.89. The van der Waals surface area contributed by atoms with Crippen molar-refractivity contribution in [2.24, 2.45) is 7.05 Å². The fourth-order valence-electron chi connectivity index (χ4n) is 4.38. The van der Waals surface area contributed by atoms with Crippen LogP contribution in [0.5, 0.6) is 5.88 Å². The molecule has 0 radical (unpaired) electrons. The quantitative estimate of drug-likeness (QED) is 0.182. The molecular weight excluding hydrogens is 516 g/mol. The minimum absolute atomic E-state index is 0.141. The molecule has 0 aliphatic heterocycles. The number of ether oxygens (including phenoxy) is 2. The molecule has 13 heteroatoms. The van der Waals surface area contributed by atoms with Gasteiger partial charge in [0.25, 0.3) is 0 Å². The van der Waals surface area contributed by atoms with Crippen molar-refractivity contribution in [1.29, 1.82) is 0 Å². The van der Waals surface area contributed by atoms with E-state index < -0.39 is 14.2 Å². The van der Waals surface area contributed by atoms with Crippen LogP contribution in [0.3, 0.4) is 0 Å². The summed E-state index contributed by atoms with van der Waals surface area (Å²) in [5, 5.41) is 19.7. The van der Waals surface area contributed by atoms with Gasteiger partial charge in [-0.2, -0.15) is 15.1 Å². The average molecular weight is 551 g/mol. The van der Waals surface area contributed by atoms with Gasteiger partial charge >= 0.3 is 6.09 Å². The van der Waals surface area contributed by atoms with Gasteiger partial charge in [-0.05, 0) is 18.2 Å². The molecule has 1 amide bonds. The molecule has 4 aromatic heterocycles. The molecule has 12 nitrogen and oxygen atoms in total. The Hall–Kier alpha value is -3.97. The molecule has 1 aliphatic carbocycles. The third kappa shape index (κ3) is 6.54. The molecule has 39 heavy (non-hydrogen) atoms. The van der Waals surface area contributed by atoms with Gasteiger partial charge in [0.15, 0.2) is 5.65 Å². The average Bonchev–Trinajstić information content (AvgIpc) is 3.43. The van der Waals surface area contributed by atoms with Crippen LogP contribution in [0.2, 0.25) is 25.7 Å². The summed E-state index contributed by atoms with van der Waals surface area (Å²) in [5.74, 6) is 0.769. The standard InChI is InChI=1S/C26H34N8O4Si/c1-33-14-18(13-28-33)29-25-31-23-22(24(32-25)38-19-11-17(12-19)30-26(35)36)20(21-7-5-6-8-27-21)15-34(23)16-37-9-10-39(2,3)4/h5-8,13-15,17,19,30H,9-12,16H2,1-4H3,(H,35,36)(H,29,31,32)/t17-,19-. The highest BCUT2D eigenvalue weighted by Gasteiger charge is 2.33. The van der Waals surface area contributed by atoms with E-state index in [0.29, 0.717) is 43.7 Å². The number of rotatable bonds is 11. The van der Waals surface area contributed by atoms with Crippen LogP contribution in [-0.4, -0.2) is 67.3 Å². The number of nitrogens with one attached hydrogen (secondary N) is 2. The zero-order valence-electron chi connectivity index (χ0n) is 22.6. The van der Waals surface area contributed by atoms with Crippen LogP contribution in [0, 0.1) is 0 Å². The summed E-state index contributed by atoms with van der Waals surface area (Å²) in [6, 6.07) is 6.66. The van der Waals surface area contributed by atoms with Gasteiger partial charge in [-0.15, -0.1) is 0 Å². The first-order valence-corrected chi connectivity index (χ1v) is 16.7. The lowest BCUT2D eigenvalue weighted by Crippen LogP contribution is -2.48. The molecule has 5 rings (SSSR count). The predicted molar refractivity (Wildman–Crippen MR) is 150 cm³/mol. The van der Waals surface area contributed by atoms with Crippen LogP contribution in [0.1, 0.15) is 12.8 Å². The van der Waals surface area contributed by atoms with E-state index in [9.17, 15) is 4.79 Å². The number of aryl methyl sites for hydroxylation is 1. The van der Waals surface area contributed by atoms with Gasteiger partial charge in [-0.25, -0.2) is 4.79 Å². The van der Waals surface area contributed by atoms with Gasteiger partial charge < -0.3 is 29.8 Å². The Kier molecular flexibility index (Phi) is 7.53. The second-order valence-electron chi connectivity index (χ2n) is 11.0. The molecule has 1 fully saturated rings. The molecule has 4 heterocycles. The summed E-state index contributed by atoms with van der Waals surface area (Å²) in [6.07, 6.45) is 7.16. The zero-order chi connectivity index (χ0) is 27.6. The SMILES string of the molecule is Cn1cc(Nc2nc(O[C@H]3C[C@H](NC(=O)O)C3)c3c(-c4ccccn4)cn(COCC[Si](C)(C)C)c3n2)cn1.